The molecule has 0 spiro atoms. The number of amides is 1. The summed E-state index contributed by atoms with van der Waals surface area (Å²) in [5.74, 6) is -0.879. The van der Waals surface area contributed by atoms with Crippen LogP contribution in [0.3, 0.4) is 0 Å². The highest BCUT2D eigenvalue weighted by Crippen LogP contribution is 2.24. The van der Waals surface area contributed by atoms with Gasteiger partial charge in [0.1, 0.15) is 5.82 Å². The van der Waals surface area contributed by atoms with Gasteiger partial charge in [0.15, 0.2) is 0 Å². The number of hydrogen-bond acceptors (Lipinski definition) is 4. The third kappa shape index (κ3) is 5.52. The molecule has 0 bridgehead atoms. The predicted molar refractivity (Wildman–Crippen MR) is 106 cm³/mol. The second-order valence-electron chi connectivity index (χ2n) is 7.70. The van der Waals surface area contributed by atoms with Crippen molar-refractivity contribution in [2.75, 3.05) is 39.3 Å². The molecule has 1 aromatic rings. The van der Waals surface area contributed by atoms with Crippen molar-refractivity contribution < 1.29 is 17.6 Å². The van der Waals surface area contributed by atoms with Crippen molar-refractivity contribution in [3.05, 3.63) is 30.1 Å². The lowest BCUT2D eigenvalue weighted by Crippen LogP contribution is -2.45. The van der Waals surface area contributed by atoms with Crippen molar-refractivity contribution in [2.24, 2.45) is 5.92 Å². The van der Waals surface area contributed by atoms with Crippen LogP contribution >= 0.6 is 0 Å². The van der Waals surface area contributed by atoms with Gasteiger partial charge in [-0.05, 0) is 76.0 Å². The number of carbonyl (C=O) groups is 1. The molecule has 0 radical (unpaired) electrons. The van der Waals surface area contributed by atoms with E-state index in [0.29, 0.717) is 25.9 Å². The molecule has 8 heteroatoms. The molecule has 2 aliphatic heterocycles. The van der Waals surface area contributed by atoms with Crippen LogP contribution in [0.25, 0.3) is 0 Å². The first-order valence-electron chi connectivity index (χ1n) is 10.2. The summed E-state index contributed by atoms with van der Waals surface area (Å²) in [6.45, 7) is 4.47. The number of hydrogen-bond donors (Lipinski definition) is 1. The Balaban J connectivity index is 1.48. The molecule has 2 fully saturated rings. The molecule has 1 atom stereocenters. The fraction of sp³-hybridized carbons (Fsp3) is 0.650. The summed E-state index contributed by atoms with van der Waals surface area (Å²) in [5, 5.41) is 2.97. The molecule has 28 heavy (non-hydrogen) atoms. The number of nitrogens with zero attached hydrogens (tertiary/aromatic N) is 2. The molecule has 0 saturated carbocycles. The van der Waals surface area contributed by atoms with E-state index in [-0.39, 0.29) is 23.3 Å². The van der Waals surface area contributed by atoms with E-state index in [2.05, 4.69) is 10.2 Å². The molecular weight excluding hydrogens is 381 g/mol. The van der Waals surface area contributed by atoms with Gasteiger partial charge in [-0.25, -0.2) is 12.8 Å². The Kier molecular flexibility index (Phi) is 7.42. The second-order valence-corrected chi connectivity index (χ2v) is 9.64. The Labute approximate surface area is 167 Å². The van der Waals surface area contributed by atoms with E-state index >= 15 is 0 Å². The topological polar surface area (TPSA) is 69.7 Å². The fourth-order valence-electron chi connectivity index (χ4n) is 3.97. The van der Waals surface area contributed by atoms with Crippen LogP contribution in [0.5, 0.6) is 0 Å². The molecule has 0 aliphatic carbocycles. The summed E-state index contributed by atoms with van der Waals surface area (Å²) in [6, 6.07) is 4.83. The summed E-state index contributed by atoms with van der Waals surface area (Å²) in [4.78, 5) is 15.0. The number of carbonyl (C=O) groups excluding carboxylic acids is 1. The molecule has 2 aliphatic rings. The van der Waals surface area contributed by atoms with E-state index in [1.165, 1.54) is 35.7 Å². The van der Waals surface area contributed by atoms with Crippen LogP contribution < -0.4 is 5.32 Å². The maximum absolute atomic E-state index is 13.1. The maximum Gasteiger partial charge on any atom is 0.243 e. The van der Waals surface area contributed by atoms with E-state index in [9.17, 15) is 17.6 Å². The Hall–Kier alpha value is -1.51. The number of sulfonamides is 1. The lowest BCUT2D eigenvalue weighted by Gasteiger charge is -2.31. The lowest BCUT2D eigenvalue weighted by atomic mass is 9.99. The summed E-state index contributed by atoms with van der Waals surface area (Å²) >= 11 is 0. The van der Waals surface area contributed by atoms with E-state index in [0.717, 1.165) is 38.2 Å². The minimum Gasteiger partial charge on any atom is -0.356 e. The minimum atomic E-state index is -3.70. The number of benzene rings is 1. The lowest BCUT2D eigenvalue weighted by molar-refractivity contribution is -0.126. The molecule has 2 heterocycles. The minimum absolute atomic E-state index is 0.0662. The van der Waals surface area contributed by atoms with Gasteiger partial charge in [-0.1, -0.05) is 6.42 Å². The largest absolute Gasteiger partial charge is 0.356 e. The van der Waals surface area contributed by atoms with Gasteiger partial charge in [-0.2, -0.15) is 4.31 Å². The number of nitrogens with one attached hydrogen (secondary N) is 1. The quantitative estimate of drug-likeness (QED) is 0.699. The van der Waals surface area contributed by atoms with Crippen LogP contribution in [0, 0.1) is 11.7 Å². The zero-order valence-corrected chi connectivity index (χ0v) is 17.1. The molecule has 6 nitrogen and oxygen atoms in total. The summed E-state index contributed by atoms with van der Waals surface area (Å²) in [5.41, 5.74) is 0. The molecule has 1 aromatic carbocycles. The highest BCUT2D eigenvalue weighted by molar-refractivity contribution is 7.89. The third-order valence-electron chi connectivity index (χ3n) is 5.61. The Morgan fingerprint density at radius 3 is 2.50 bits per heavy atom. The van der Waals surface area contributed by atoms with Crippen LogP contribution in [0.4, 0.5) is 4.39 Å². The van der Waals surface area contributed by atoms with Crippen molar-refractivity contribution in [1.29, 1.82) is 0 Å². The number of likely N-dealkylation sites (tertiary alicyclic amines) is 1. The molecule has 1 amide bonds. The van der Waals surface area contributed by atoms with Crippen LogP contribution in [0.2, 0.25) is 0 Å². The molecule has 1 N–H and O–H groups in total. The van der Waals surface area contributed by atoms with E-state index in [4.69, 9.17) is 0 Å². The van der Waals surface area contributed by atoms with Gasteiger partial charge in [0.05, 0.1) is 10.8 Å². The van der Waals surface area contributed by atoms with Crippen molar-refractivity contribution in [1.82, 2.24) is 14.5 Å². The normalized spacial score (nSPS) is 22.1. The first-order valence-corrected chi connectivity index (χ1v) is 11.7. The summed E-state index contributed by atoms with van der Waals surface area (Å²) in [7, 11) is -3.70. The highest BCUT2D eigenvalue weighted by Gasteiger charge is 2.33. The number of rotatable bonds is 7. The smallest absolute Gasteiger partial charge is 0.243 e. The van der Waals surface area contributed by atoms with Gasteiger partial charge >= 0.3 is 0 Å². The predicted octanol–water partition coefficient (Wildman–Crippen LogP) is 2.22. The standard InChI is InChI=1S/C20H30FN3O3S/c21-18-7-9-19(10-8-18)28(26,27)24-15-4-6-17(16-24)20(25)22-11-5-14-23-12-2-1-3-13-23/h7-10,17H,1-6,11-16H2,(H,22,25)/t17-/m1/s1. The van der Waals surface area contributed by atoms with E-state index in [1.807, 2.05) is 0 Å². The van der Waals surface area contributed by atoms with Gasteiger partial charge in [-0.15, -0.1) is 0 Å². The van der Waals surface area contributed by atoms with Crippen molar-refractivity contribution >= 4 is 15.9 Å². The fourth-order valence-corrected chi connectivity index (χ4v) is 5.50. The van der Waals surface area contributed by atoms with E-state index in [1.54, 1.807) is 0 Å². The van der Waals surface area contributed by atoms with Crippen LogP contribution in [-0.4, -0.2) is 62.8 Å². The molecule has 0 aromatic heterocycles. The first kappa shape index (κ1) is 21.2. The molecule has 156 valence electrons. The maximum atomic E-state index is 13.1. The Morgan fingerprint density at radius 1 is 1.07 bits per heavy atom. The van der Waals surface area contributed by atoms with Crippen LogP contribution in [0.1, 0.15) is 38.5 Å². The first-order chi connectivity index (χ1) is 13.5. The molecule has 2 saturated heterocycles. The van der Waals surface area contributed by atoms with Gasteiger partial charge in [0.25, 0.3) is 0 Å². The summed E-state index contributed by atoms with van der Waals surface area (Å²) < 4.78 is 40.0. The number of halogens is 1. The number of piperidine rings is 2. The van der Waals surface area contributed by atoms with Crippen molar-refractivity contribution in [2.45, 2.75) is 43.4 Å². The highest BCUT2D eigenvalue weighted by atomic mass is 32.2. The van der Waals surface area contributed by atoms with Gasteiger partial charge in [0.2, 0.25) is 15.9 Å². The second kappa shape index (κ2) is 9.80. The molecular formula is C20H30FN3O3S. The Morgan fingerprint density at radius 2 is 1.79 bits per heavy atom. The Bertz CT molecular complexity index is 748. The molecule has 3 rings (SSSR count). The summed E-state index contributed by atoms with van der Waals surface area (Å²) in [6.07, 6.45) is 6.07. The van der Waals surface area contributed by atoms with Gasteiger partial charge < -0.3 is 10.2 Å². The zero-order chi connectivity index (χ0) is 20.0. The van der Waals surface area contributed by atoms with E-state index < -0.39 is 15.8 Å². The monoisotopic (exact) mass is 411 g/mol. The van der Waals surface area contributed by atoms with Gasteiger partial charge in [0, 0.05) is 19.6 Å². The SMILES string of the molecule is O=C(NCCCN1CCCCC1)[C@@H]1CCCN(S(=O)(=O)c2ccc(F)cc2)C1. The molecule has 0 unspecified atom stereocenters. The van der Waals surface area contributed by atoms with Gasteiger partial charge in [-0.3, -0.25) is 4.79 Å². The van der Waals surface area contributed by atoms with Crippen LogP contribution in [0.15, 0.2) is 29.2 Å². The average Bonchev–Trinajstić information content (AvgIpc) is 2.72. The average molecular weight is 412 g/mol. The third-order valence-corrected chi connectivity index (χ3v) is 7.48. The van der Waals surface area contributed by atoms with Crippen molar-refractivity contribution in [3.8, 4) is 0 Å². The van der Waals surface area contributed by atoms with Crippen molar-refractivity contribution in [3.63, 3.8) is 0 Å². The zero-order valence-electron chi connectivity index (χ0n) is 16.3. The van der Waals surface area contributed by atoms with Crippen LogP contribution in [-0.2, 0) is 14.8 Å².